The Balaban J connectivity index is 2.67. The first-order valence-corrected chi connectivity index (χ1v) is 4.70. The lowest BCUT2D eigenvalue weighted by Crippen LogP contribution is -1.95. The average molecular weight is 177 g/mol. The van der Waals surface area contributed by atoms with Crippen molar-refractivity contribution in [2.75, 3.05) is 5.75 Å². The maximum absolute atomic E-state index is 5.50. The molecule has 0 radical (unpaired) electrons. The second-order valence-corrected chi connectivity index (χ2v) is 3.39. The van der Waals surface area contributed by atoms with E-state index in [0.29, 0.717) is 12.3 Å². The third-order valence-electron chi connectivity index (χ3n) is 1.46. The molecule has 1 aromatic rings. The number of hydrogen-bond donors (Lipinski definition) is 1. The summed E-state index contributed by atoms with van der Waals surface area (Å²) in [5.74, 6) is 3.30. The minimum atomic E-state index is 0.588. The highest BCUT2D eigenvalue weighted by Crippen LogP contribution is 2.17. The molecule has 0 fully saturated rings. The van der Waals surface area contributed by atoms with Crippen molar-refractivity contribution >= 4 is 11.8 Å². The summed E-state index contributed by atoms with van der Waals surface area (Å²) in [6, 6.07) is 8.13. The summed E-state index contributed by atoms with van der Waals surface area (Å²) in [5.41, 5.74) is 6.65. The lowest BCUT2D eigenvalue weighted by Gasteiger charge is -2.00. The molecule has 0 atom stereocenters. The third kappa shape index (κ3) is 2.61. The summed E-state index contributed by atoms with van der Waals surface area (Å²) >= 11 is 1.66. The van der Waals surface area contributed by atoms with Crippen LogP contribution in [0, 0.1) is 12.3 Å². The normalized spacial score (nSPS) is 9.33. The van der Waals surface area contributed by atoms with Gasteiger partial charge in [-0.1, -0.05) is 18.1 Å². The van der Waals surface area contributed by atoms with Gasteiger partial charge in [0.1, 0.15) is 0 Å². The summed E-state index contributed by atoms with van der Waals surface area (Å²) in [5, 5.41) is 0. The van der Waals surface area contributed by atoms with Gasteiger partial charge in [0, 0.05) is 11.4 Å². The Morgan fingerprint density at radius 3 is 3.00 bits per heavy atom. The molecule has 1 rings (SSSR count). The van der Waals surface area contributed by atoms with E-state index in [1.165, 1.54) is 4.90 Å². The molecule has 2 heteroatoms. The Hall–Kier alpha value is -0.910. The molecule has 0 saturated heterocycles. The Morgan fingerprint density at radius 1 is 1.50 bits per heavy atom. The van der Waals surface area contributed by atoms with Crippen molar-refractivity contribution in [3.63, 3.8) is 0 Å². The number of terminal acetylenes is 1. The molecular weight excluding hydrogens is 166 g/mol. The van der Waals surface area contributed by atoms with Crippen LogP contribution in [0.15, 0.2) is 29.2 Å². The summed E-state index contributed by atoms with van der Waals surface area (Å²) in [4.78, 5) is 1.19. The van der Waals surface area contributed by atoms with Gasteiger partial charge in [-0.05, 0) is 17.7 Å². The van der Waals surface area contributed by atoms with Crippen LogP contribution in [0.2, 0.25) is 0 Å². The van der Waals surface area contributed by atoms with Gasteiger partial charge in [0.15, 0.2) is 0 Å². The fourth-order valence-corrected chi connectivity index (χ4v) is 1.55. The van der Waals surface area contributed by atoms with Gasteiger partial charge < -0.3 is 5.73 Å². The predicted molar refractivity (Wildman–Crippen MR) is 53.9 cm³/mol. The zero-order chi connectivity index (χ0) is 8.81. The van der Waals surface area contributed by atoms with Gasteiger partial charge in [-0.15, -0.1) is 18.2 Å². The fraction of sp³-hybridized carbons (Fsp3) is 0.200. The van der Waals surface area contributed by atoms with Gasteiger partial charge in [-0.3, -0.25) is 0 Å². The van der Waals surface area contributed by atoms with Gasteiger partial charge in [0.2, 0.25) is 0 Å². The number of thioether (sulfide) groups is 1. The van der Waals surface area contributed by atoms with E-state index in [0.717, 1.165) is 5.56 Å². The van der Waals surface area contributed by atoms with Crippen LogP contribution in [0.25, 0.3) is 0 Å². The largest absolute Gasteiger partial charge is 0.326 e. The summed E-state index contributed by atoms with van der Waals surface area (Å²) in [6.07, 6.45) is 5.15. The Bertz CT molecular complexity index is 288. The van der Waals surface area contributed by atoms with Crippen molar-refractivity contribution < 1.29 is 0 Å². The molecular formula is C10H11NS. The maximum atomic E-state index is 5.50. The Morgan fingerprint density at radius 2 is 2.33 bits per heavy atom. The first-order valence-electron chi connectivity index (χ1n) is 3.72. The number of nitrogens with two attached hydrogens (primary N) is 1. The van der Waals surface area contributed by atoms with Crippen LogP contribution in [0.4, 0.5) is 0 Å². The molecule has 0 aliphatic rings. The zero-order valence-corrected chi connectivity index (χ0v) is 7.60. The third-order valence-corrected chi connectivity index (χ3v) is 2.35. The molecule has 12 heavy (non-hydrogen) atoms. The summed E-state index contributed by atoms with van der Waals surface area (Å²) in [7, 11) is 0. The van der Waals surface area contributed by atoms with Crippen molar-refractivity contribution in [1.82, 2.24) is 0 Å². The van der Waals surface area contributed by atoms with Crippen LogP contribution in [-0.4, -0.2) is 5.75 Å². The Labute approximate surface area is 77.4 Å². The molecule has 0 aliphatic carbocycles. The topological polar surface area (TPSA) is 26.0 Å². The molecule has 0 bridgehead atoms. The smallest absolute Gasteiger partial charge is 0.0592 e. The van der Waals surface area contributed by atoms with Gasteiger partial charge in [0.25, 0.3) is 0 Å². The highest BCUT2D eigenvalue weighted by molar-refractivity contribution is 7.99. The van der Waals surface area contributed by atoms with Gasteiger partial charge in [-0.2, -0.15) is 0 Å². The van der Waals surface area contributed by atoms with E-state index in [-0.39, 0.29) is 0 Å². The van der Waals surface area contributed by atoms with Gasteiger partial charge in [0.05, 0.1) is 5.75 Å². The molecule has 0 saturated carbocycles. The van der Waals surface area contributed by atoms with E-state index < -0.39 is 0 Å². The first-order chi connectivity index (χ1) is 5.86. The highest BCUT2D eigenvalue weighted by Gasteiger charge is 1.93. The van der Waals surface area contributed by atoms with E-state index in [4.69, 9.17) is 12.2 Å². The van der Waals surface area contributed by atoms with Crippen molar-refractivity contribution in [1.29, 1.82) is 0 Å². The maximum Gasteiger partial charge on any atom is 0.0592 e. The van der Waals surface area contributed by atoms with Crippen LogP contribution in [0.5, 0.6) is 0 Å². The first kappa shape index (κ1) is 9.18. The minimum Gasteiger partial charge on any atom is -0.326 e. The van der Waals surface area contributed by atoms with E-state index in [9.17, 15) is 0 Å². The van der Waals surface area contributed by atoms with Crippen LogP contribution in [-0.2, 0) is 6.54 Å². The second-order valence-electron chi connectivity index (χ2n) is 2.34. The molecule has 1 nitrogen and oxygen atoms in total. The van der Waals surface area contributed by atoms with Crippen molar-refractivity contribution in [3.8, 4) is 12.3 Å². The fourth-order valence-electron chi connectivity index (χ4n) is 0.887. The average Bonchev–Trinajstić information content (AvgIpc) is 2.15. The van der Waals surface area contributed by atoms with E-state index in [1.54, 1.807) is 11.8 Å². The molecule has 0 unspecified atom stereocenters. The van der Waals surface area contributed by atoms with Gasteiger partial charge >= 0.3 is 0 Å². The zero-order valence-electron chi connectivity index (χ0n) is 6.79. The lowest BCUT2D eigenvalue weighted by atomic mass is 10.2. The lowest BCUT2D eigenvalue weighted by molar-refractivity contribution is 1.06. The molecule has 0 spiro atoms. The number of benzene rings is 1. The Kier molecular flexibility index (Phi) is 3.72. The summed E-state index contributed by atoms with van der Waals surface area (Å²) in [6.45, 7) is 0.588. The van der Waals surface area contributed by atoms with Crippen molar-refractivity contribution in [2.45, 2.75) is 11.4 Å². The monoisotopic (exact) mass is 177 g/mol. The highest BCUT2D eigenvalue weighted by atomic mass is 32.2. The van der Waals surface area contributed by atoms with Crippen LogP contribution in [0.3, 0.4) is 0 Å². The standard InChI is InChI=1S/C10H11NS/c1-2-6-12-10-5-3-4-9(7-10)8-11/h1,3-5,7H,6,8,11H2. The van der Waals surface area contributed by atoms with E-state index in [1.807, 2.05) is 18.2 Å². The number of rotatable bonds is 3. The van der Waals surface area contributed by atoms with E-state index >= 15 is 0 Å². The molecule has 0 aliphatic heterocycles. The second kappa shape index (κ2) is 4.87. The van der Waals surface area contributed by atoms with Crippen LogP contribution >= 0.6 is 11.8 Å². The predicted octanol–water partition coefficient (Wildman–Crippen LogP) is 1.87. The molecule has 62 valence electrons. The molecule has 1 aromatic carbocycles. The van der Waals surface area contributed by atoms with Gasteiger partial charge in [-0.25, -0.2) is 0 Å². The molecule has 0 heterocycles. The summed E-state index contributed by atoms with van der Waals surface area (Å²) < 4.78 is 0. The quantitative estimate of drug-likeness (QED) is 0.563. The molecule has 0 aromatic heterocycles. The molecule has 0 amide bonds. The minimum absolute atomic E-state index is 0.588. The van der Waals surface area contributed by atoms with E-state index in [2.05, 4.69) is 12.0 Å². The molecule has 2 N–H and O–H groups in total. The number of hydrogen-bond acceptors (Lipinski definition) is 2. The van der Waals surface area contributed by atoms with Crippen LogP contribution < -0.4 is 5.73 Å². The van der Waals surface area contributed by atoms with Crippen molar-refractivity contribution in [2.24, 2.45) is 5.73 Å². The van der Waals surface area contributed by atoms with Crippen LogP contribution in [0.1, 0.15) is 5.56 Å². The SMILES string of the molecule is C#CCSc1cccc(CN)c1. The van der Waals surface area contributed by atoms with Crippen molar-refractivity contribution in [3.05, 3.63) is 29.8 Å².